The highest BCUT2D eigenvalue weighted by molar-refractivity contribution is 7.60. The van der Waals surface area contributed by atoms with Crippen LogP contribution in [0.15, 0.2) is 11.0 Å². The van der Waals surface area contributed by atoms with Crippen LogP contribution in [0.4, 0.5) is 5.82 Å². The molecular formula is C14H29N4O13P2+. The van der Waals surface area contributed by atoms with E-state index in [2.05, 4.69) is 35.0 Å². The quantitative estimate of drug-likeness (QED) is 0.123. The Morgan fingerprint density at radius 1 is 1.18 bits per heavy atom. The number of ether oxygens (including phenoxy) is 1. The summed E-state index contributed by atoms with van der Waals surface area (Å²) in [6.45, 7) is 0.431. The van der Waals surface area contributed by atoms with Crippen LogP contribution in [0.3, 0.4) is 0 Å². The number of nitrogens with two attached hydrogens (primary N) is 1. The molecule has 0 aliphatic carbocycles. The first-order valence-corrected chi connectivity index (χ1v) is 12.1. The van der Waals surface area contributed by atoms with Crippen molar-refractivity contribution in [3.8, 4) is 5.75 Å². The summed E-state index contributed by atoms with van der Waals surface area (Å²) in [5.74, 6) is -1.54. The van der Waals surface area contributed by atoms with E-state index in [0.717, 1.165) is 11.0 Å². The van der Waals surface area contributed by atoms with Gasteiger partial charge in [-0.15, -0.1) is 0 Å². The lowest BCUT2D eigenvalue weighted by Crippen LogP contribution is -2.36. The zero-order valence-corrected chi connectivity index (χ0v) is 19.7. The number of rotatable bonds is 8. The van der Waals surface area contributed by atoms with E-state index < -0.39 is 64.0 Å². The number of aliphatic hydroxyl groups excluding tert-OH is 4. The summed E-state index contributed by atoms with van der Waals surface area (Å²) in [7, 11) is -4.62. The third kappa shape index (κ3) is 9.36. The van der Waals surface area contributed by atoms with Crippen molar-refractivity contribution in [2.24, 2.45) is 0 Å². The first-order valence-electron chi connectivity index (χ1n) is 9.12. The zero-order valence-electron chi connectivity index (χ0n) is 17.9. The van der Waals surface area contributed by atoms with Gasteiger partial charge in [-0.3, -0.25) is 9.46 Å². The Labute approximate surface area is 187 Å². The first kappa shape index (κ1) is 29.6. The maximum absolute atomic E-state index is 11.9. The van der Waals surface area contributed by atoms with Crippen molar-refractivity contribution in [3.05, 3.63) is 16.7 Å². The minimum absolute atomic E-state index is 0.281. The molecule has 33 heavy (non-hydrogen) atoms. The average molecular weight is 523 g/mol. The topological polar surface area (TPSA) is 264 Å². The monoisotopic (exact) mass is 523 g/mol. The van der Waals surface area contributed by atoms with Crippen LogP contribution in [0.5, 0.6) is 5.75 Å². The normalized spacial score (nSPS) is 25.2. The molecule has 1 aromatic rings. The molecule has 192 valence electrons. The van der Waals surface area contributed by atoms with Crippen molar-refractivity contribution in [1.29, 1.82) is 0 Å². The highest BCUT2D eigenvalue weighted by atomic mass is 31.3. The predicted octanol–water partition coefficient (Wildman–Crippen LogP) is -3.29. The van der Waals surface area contributed by atoms with Gasteiger partial charge in [0.15, 0.2) is 17.8 Å². The molecule has 1 unspecified atom stereocenters. The molecule has 0 aromatic carbocycles. The first-order chi connectivity index (χ1) is 14.9. The summed E-state index contributed by atoms with van der Waals surface area (Å²) in [5.41, 5.74) is 4.23. The number of hydrogen-bond acceptors (Lipinski definition) is 12. The summed E-state index contributed by atoms with van der Waals surface area (Å²) in [5, 5.41) is 37.0. The molecule has 0 radical (unpaired) electrons. The summed E-state index contributed by atoms with van der Waals surface area (Å²) >= 11 is 0. The van der Waals surface area contributed by atoms with Gasteiger partial charge >= 0.3 is 21.3 Å². The second kappa shape index (κ2) is 11.3. The largest absolute Gasteiger partial charge is 0.536 e. The second-order valence-electron chi connectivity index (χ2n) is 7.78. The number of aliphatic hydroxyl groups is 4. The predicted molar refractivity (Wildman–Crippen MR) is 109 cm³/mol. The number of likely N-dealkylation sites (N-methyl/N-ethyl adjacent to an activating group) is 1. The van der Waals surface area contributed by atoms with Crippen LogP contribution in [0.25, 0.3) is 0 Å². The standard InChI is InChI=1S/C9H15N3O12P2.C5H14NO/c10-7-3(23-26(20,21)24-25(17,18)19)1-12(9(16)11-7)8-6(15)5(14)4(2-13)22-8;1-6(2,3)4-5-7/h1,4-6,8,13-15H,2H2,(H,20,21)(H2,10,11,16)(H2,17,18,19);7H,4-5H2,1-3H3/q;+1/t4-,5-,6-,8-;/m1./s1. The number of anilines is 1. The van der Waals surface area contributed by atoms with Crippen molar-refractivity contribution in [2.75, 3.05) is 46.6 Å². The number of quaternary nitrogens is 1. The van der Waals surface area contributed by atoms with Gasteiger partial charge in [-0.05, 0) is 0 Å². The fourth-order valence-electron chi connectivity index (χ4n) is 2.40. The molecule has 1 aliphatic heterocycles. The Morgan fingerprint density at radius 2 is 1.76 bits per heavy atom. The molecule has 1 aliphatic rings. The number of hydrogen-bond donors (Lipinski definition) is 8. The van der Waals surface area contributed by atoms with Gasteiger partial charge in [0.05, 0.1) is 40.6 Å². The third-order valence-electron chi connectivity index (χ3n) is 3.93. The molecule has 17 nitrogen and oxygen atoms in total. The second-order valence-corrected chi connectivity index (χ2v) is 10.5. The minimum Gasteiger partial charge on any atom is -0.398 e. The molecule has 0 bridgehead atoms. The average Bonchev–Trinajstić information content (AvgIpc) is 2.89. The van der Waals surface area contributed by atoms with E-state index in [9.17, 15) is 29.0 Å². The minimum atomic E-state index is -5.41. The lowest BCUT2D eigenvalue weighted by atomic mass is 10.1. The summed E-state index contributed by atoms with van der Waals surface area (Å²) < 4.78 is 36.7. The lowest BCUT2D eigenvalue weighted by molar-refractivity contribution is -0.870. The van der Waals surface area contributed by atoms with Gasteiger partial charge in [-0.1, -0.05) is 0 Å². The van der Waals surface area contributed by atoms with Gasteiger partial charge in [0, 0.05) is 0 Å². The Balaban J connectivity index is 0.000000675. The number of phosphoric ester groups is 1. The highest BCUT2D eigenvalue weighted by Gasteiger charge is 2.44. The van der Waals surface area contributed by atoms with Crippen molar-refractivity contribution in [1.82, 2.24) is 9.55 Å². The van der Waals surface area contributed by atoms with Crippen LogP contribution < -0.4 is 15.9 Å². The van der Waals surface area contributed by atoms with Crippen LogP contribution >= 0.6 is 15.6 Å². The molecule has 1 aromatic heterocycles. The van der Waals surface area contributed by atoms with Crippen molar-refractivity contribution >= 4 is 21.5 Å². The molecule has 1 saturated heterocycles. The Kier molecular flexibility index (Phi) is 10.1. The molecule has 9 N–H and O–H groups in total. The maximum atomic E-state index is 11.9. The van der Waals surface area contributed by atoms with Gasteiger partial charge in [0.25, 0.3) is 0 Å². The fourth-order valence-corrected chi connectivity index (χ4v) is 4.00. The van der Waals surface area contributed by atoms with Crippen LogP contribution in [0.1, 0.15) is 6.23 Å². The molecule has 0 saturated carbocycles. The Morgan fingerprint density at radius 3 is 2.15 bits per heavy atom. The van der Waals surface area contributed by atoms with E-state index in [-0.39, 0.29) is 6.61 Å². The summed E-state index contributed by atoms with van der Waals surface area (Å²) in [4.78, 5) is 41.6. The third-order valence-corrected chi connectivity index (χ3v) is 6.03. The van der Waals surface area contributed by atoms with Crippen molar-refractivity contribution in [2.45, 2.75) is 24.5 Å². The van der Waals surface area contributed by atoms with Crippen molar-refractivity contribution < 1.29 is 62.3 Å². The van der Waals surface area contributed by atoms with E-state index in [4.69, 9.17) is 30.5 Å². The molecule has 19 heteroatoms. The van der Waals surface area contributed by atoms with Crippen LogP contribution in [0.2, 0.25) is 0 Å². The molecule has 2 heterocycles. The maximum Gasteiger partial charge on any atom is 0.536 e. The van der Waals surface area contributed by atoms with Gasteiger partial charge < -0.3 is 49.7 Å². The SMILES string of the molecule is C[N+](C)(C)CCO.Nc1nc(=O)n([C@@H]2O[C@H](CO)[C@@H](O)[C@H]2O)cc1OP(=O)(O)OP(=O)(O)O. The number of nitrogens with zero attached hydrogens (tertiary/aromatic N) is 3. The summed E-state index contributed by atoms with van der Waals surface area (Å²) in [6, 6.07) is 0. The van der Waals surface area contributed by atoms with Crippen molar-refractivity contribution in [3.63, 3.8) is 0 Å². The van der Waals surface area contributed by atoms with E-state index in [0.29, 0.717) is 10.8 Å². The van der Waals surface area contributed by atoms with Gasteiger partial charge in [-0.2, -0.15) is 9.29 Å². The lowest BCUT2D eigenvalue weighted by Gasteiger charge is -2.21. The highest BCUT2D eigenvalue weighted by Crippen LogP contribution is 2.57. The Bertz CT molecular complexity index is 946. The zero-order chi connectivity index (χ0) is 25.8. The van der Waals surface area contributed by atoms with Gasteiger partial charge in [0.1, 0.15) is 24.9 Å². The van der Waals surface area contributed by atoms with E-state index in [1.165, 1.54) is 0 Å². The number of nitrogen functional groups attached to an aromatic ring is 1. The smallest absolute Gasteiger partial charge is 0.398 e. The van der Waals surface area contributed by atoms with Gasteiger partial charge in [-0.25, -0.2) is 13.9 Å². The van der Waals surface area contributed by atoms with E-state index in [1.807, 2.05) is 0 Å². The molecule has 1 fully saturated rings. The van der Waals surface area contributed by atoms with E-state index >= 15 is 0 Å². The van der Waals surface area contributed by atoms with Crippen LogP contribution in [0, 0.1) is 0 Å². The summed E-state index contributed by atoms with van der Waals surface area (Å²) in [6.07, 6.45) is -5.38. The molecule has 0 amide bonds. The fraction of sp³-hybridized carbons (Fsp3) is 0.714. The number of phosphoric acid groups is 2. The van der Waals surface area contributed by atoms with E-state index in [1.54, 1.807) is 0 Å². The molecule has 5 atom stereocenters. The van der Waals surface area contributed by atoms with Gasteiger partial charge in [0.2, 0.25) is 0 Å². The molecular weight excluding hydrogens is 494 g/mol. The molecule has 2 rings (SSSR count). The number of aromatic nitrogens is 2. The van der Waals surface area contributed by atoms with Crippen LogP contribution in [-0.4, -0.2) is 108 Å². The molecule has 0 spiro atoms. The Hall–Kier alpha value is -1.46. The van der Waals surface area contributed by atoms with Crippen LogP contribution in [-0.2, 0) is 18.2 Å².